The molecule has 0 aliphatic heterocycles. The number of hydrogen-bond acceptors (Lipinski definition) is 8. The standard InChI is InChI=1S/C16H12N2O4S.C15H20N2O/c19-16-10-9-15(13-3-1-2-4-14(13)16)18-17-11-5-7-12(8-6-11)23(20,21)22;1-14(2)11-7-8-15(14,3)13(16-18)12(11)17-9-5-4-6-10-17/h1-10,19H,(H,20,21,22);4-6,9-12H,7-8H2,1-3H3/b;16-13+. The van der Waals surface area contributed by atoms with Crippen LogP contribution in [0.1, 0.15) is 39.7 Å². The Morgan fingerprint density at radius 2 is 1.54 bits per heavy atom. The molecule has 1 heterocycles. The number of rotatable bonds is 4. The van der Waals surface area contributed by atoms with Crippen LogP contribution in [0.2, 0.25) is 0 Å². The van der Waals surface area contributed by atoms with Crippen molar-refractivity contribution in [2.75, 3.05) is 0 Å². The number of benzene rings is 3. The molecular weight excluding hydrogens is 540 g/mol. The smallest absolute Gasteiger partial charge is 0.203 e. The summed E-state index contributed by atoms with van der Waals surface area (Å²) in [5, 5.41) is 32.6. The summed E-state index contributed by atoms with van der Waals surface area (Å²) in [4.78, 5) is -0.313. The van der Waals surface area contributed by atoms with Crippen LogP contribution in [0.15, 0.2) is 112 Å². The molecule has 2 bridgehead atoms. The fourth-order valence-electron chi connectivity index (χ4n) is 6.33. The average Bonchev–Trinajstić information content (AvgIpc) is 3.30. The molecule has 4 aromatic rings. The minimum absolute atomic E-state index is 0.0277. The van der Waals surface area contributed by atoms with Crippen molar-refractivity contribution in [1.82, 2.24) is 0 Å². The Kier molecular flexibility index (Phi) is 7.39. The van der Waals surface area contributed by atoms with E-state index in [1.54, 1.807) is 12.1 Å². The summed E-state index contributed by atoms with van der Waals surface area (Å²) < 4.78 is 34.8. The van der Waals surface area contributed by atoms with Gasteiger partial charge in [-0.3, -0.25) is 0 Å². The van der Waals surface area contributed by atoms with Gasteiger partial charge in [-0.1, -0.05) is 56.3 Å². The van der Waals surface area contributed by atoms with Crippen LogP contribution < -0.4 is 4.57 Å². The highest BCUT2D eigenvalue weighted by Crippen LogP contribution is 2.66. The molecule has 41 heavy (non-hydrogen) atoms. The van der Waals surface area contributed by atoms with E-state index in [0.29, 0.717) is 22.7 Å². The van der Waals surface area contributed by atoms with Crippen LogP contribution in [0.25, 0.3) is 10.8 Å². The van der Waals surface area contributed by atoms with E-state index in [2.05, 4.69) is 53.1 Å². The summed E-state index contributed by atoms with van der Waals surface area (Å²) in [5.74, 6) is 0.713. The quantitative estimate of drug-likeness (QED) is 0.0925. The Balaban J connectivity index is 0.000000169. The van der Waals surface area contributed by atoms with E-state index in [9.17, 15) is 23.3 Å². The molecule has 3 atom stereocenters. The molecule has 9 nitrogen and oxygen atoms in total. The zero-order valence-electron chi connectivity index (χ0n) is 23.0. The van der Waals surface area contributed by atoms with Gasteiger partial charge in [-0.25, -0.2) is 8.42 Å². The van der Waals surface area contributed by atoms with Gasteiger partial charge in [0, 0.05) is 34.2 Å². The molecule has 2 N–H and O–H groups in total. The summed E-state index contributed by atoms with van der Waals surface area (Å²) in [5.41, 5.74) is 2.16. The zero-order chi connectivity index (χ0) is 29.4. The Hall–Kier alpha value is -4.15. The van der Waals surface area contributed by atoms with Crippen molar-refractivity contribution in [3.8, 4) is 5.75 Å². The fraction of sp³-hybridized carbons (Fsp3) is 0.290. The van der Waals surface area contributed by atoms with Crippen molar-refractivity contribution < 1.29 is 27.9 Å². The number of phenolic OH excluding ortho intramolecular Hbond substituents is 1. The molecule has 0 spiro atoms. The first kappa shape index (κ1) is 28.4. The first-order valence-electron chi connectivity index (χ1n) is 13.3. The van der Waals surface area contributed by atoms with Crippen LogP contribution in [0.5, 0.6) is 5.75 Å². The van der Waals surface area contributed by atoms with Crippen molar-refractivity contribution in [2.45, 2.75) is 44.6 Å². The number of oxime groups is 1. The Morgan fingerprint density at radius 1 is 0.878 bits per heavy atom. The number of phenols is 1. The molecule has 0 saturated heterocycles. The molecule has 212 valence electrons. The maximum absolute atomic E-state index is 10.9. The topological polar surface area (TPSA) is 139 Å². The van der Waals surface area contributed by atoms with Gasteiger partial charge in [-0.15, -0.1) is 5.11 Å². The second-order valence-corrected chi connectivity index (χ2v) is 12.6. The Morgan fingerprint density at radius 3 is 2.17 bits per heavy atom. The van der Waals surface area contributed by atoms with E-state index in [-0.39, 0.29) is 27.5 Å². The number of fused-ring (bicyclic) bond motifs is 3. The second kappa shape index (κ2) is 10.7. The van der Waals surface area contributed by atoms with Crippen LogP contribution in [-0.2, 0) is 10.1 Å². The van der Waals surface area contributed by atoms with Crippen LogP contribution in [0.3, 0.4) is 0 Å². The first-order valence-corrected chi connectivity index (χ1v) is 14.7. The monoisotopic (exact) mass is 572 g/mol. The highest BCUT2D eigenvalue weighted by atomic mass is 32.2. The molecule has 1 aromatic heterocycles. The number of nitrogens with zero attached hydrogens (tertiary/aromatic N) is 4. The zero-order valence-corrected chi connectivity index (χ0v) is 23.9. The van der Waals surface area contributed by atoms with Gasteiger partial charge in [-0.2, -0.15) is 9.68 Å². The molecule has 2 aliphatic rings. The molecule has 0 radical (unpaired) electrons. The van der Waals surface area contributed by atoms with Crippen molar-refractivity contribution >= 4 is 38.0 Å². The fourth-order valence-corrected chi connectivity index (χ4v) is 6.79. The largest absolute Gasteiger partial charge is 0.744 e. The number of azo groups is 1. The average molecular weight is 573 g/mol. The predicted molar refractivity (Wildman–Crippen MR) is 154 cm³/mol. The third kappa shape index (κ3) is 5.09. The van der Waals surface area contributed by atoms with Crippen LogP contribution in [0.4, 0.5) is 11.4 Å². The Bertz CT molecular complexity index is 1740. The number of pyridine rings is 1. The minimum Gasteiger partial charge on any atom is -0.744 e. The van der Waals surface area contributed by atoms with Gasteiger partial charge in [0.15, 0.2) is 12.4 Å². The van der Waals surface area contributed by atoms with E-state index >= 15 is 0 Å². The van der Waals surface area contributed by atoms with E-state index < -0.39 is 10.1 Å². The Labute approximate surface area is 239 Å². The van der Waals surface area contributed by atoms with E-state index in [1.165, 1.54) is 36.8 Å². The lowest BCUT2D eigenvalue weighted by Gasteiger charge is -2.32. The van der Waals surface area contributed by atoms with Gasteiger partial charge in [-0.05, 0) is 54.7 Å². The van der Waals surface area contributed by atoms with Crippen molar-refractivity contribution in [3.63, 3.8) is 0 Å². The van der Waals surface area contributed by atoms with E-state index in [0.717, 1.165) is 17.5 Å². The SMILES string of the molecule is CC12CCC(C([n+]3ccccc3)/C1=N\O)C2(C)C.O=S(=O)([O-])c1ccc(N=Nc2ccc(O)c3ccccc23)cc1. The molecule has 10 heteroatoms. The highest BCUT2D eigenvalue weighted by molar-refractivity contribution is 7.85. The number of aromatic hydroxyl groups is 1. The maximum Gasteiger partial charge on any atom is 0.203 e. The van der Waals surface area contributed by atoms with Crippen molar-refractivity contribution in [2.24, 2.45) is 32.1 Å². The lowest BCUT2D eigenvalue weighted by Crippen LogP contribution is -2.47. The third-order valence-corrected chi connectivity index (χ3v) is 9.82. The van der Waals surface area contributed by atoms with Gasteiger partial charge < -0.3 is 14.9 Å². The predicted octanol–water partition coefficient (Wildman–Crippen LogP) is 6.67. The molecule has 6 rings (SSSR count). The summed E-state index contributed by atoms with van der Waals surface area (Å²) in [6, 6.07) is 21.9. The molecule has 2 fully saturated rings. The molecule has 0 amide bonds. The van der Waals surface area contributed by atoms with Crippen molar-refractivity contribution in [3.05, 3.63) is 91.3 Å². The van der Waals surface area contributed by atoms with Gasteiger partial charge in [0.05, 0.1) is 16.3 Å². The normalized spacial score (nSPS) is 24.0. The molecule has 2 saturated carbocycles. The lowest BCUT2D eigenvalue weighted by atomic mass is 9.70. The number of hydrogen-bond donors (Lipinski definition) is 2. The van der Waals surface area contributed by atoms with Crippen LogP contribution >= 0.6 is 0 Å². The molecule has 3 unspecified atom stereocenters. The third-order valence-electron chi connectivity index (χ3n) is 8.98. The lowest BCUT2D eigenvalue weighted by molar-refractivity contribution is -0.713. The van der Waals surface area contributed by atoms with E-state index in [1.807, 2.05) is 36.4 Å². The maximum atomic E-state index is 10.9. The van der Waals surface area contributed by atoms with E-state index in [4.69, 9.17) is 0 Å². The summed E-state index contributed by atoms with van der Waals surface area (Å²) in [6.07, 6.45) is 6.51. The molecule has 2 aliphatic carbocycles. The molecular formula is C31H32N4O5S. The highest BCUT2D eigenvalue weighted by Gasteiger charge is 2.68. The van der Waals surface area contributed by atoms with Gasteiger partial charge in [0.2, 0.25) is 6.04 Å². The summed E-state index contributed by atoms with van der Waals surface area (Å²) in [7, 11) is -4.47. The first-order chi connectivity index (χ1) is 19.5. The van der Waals surface area contributed by atoms with Crippen LogP contribution in [-0.4, -0.2) is 29.0 Å². The van der Waals surface area contributed by atoms with Gasteiger partial charge >= 0.3 is 0 Å². The van der Waals surface area contributed by atoms with Crippen LogP contribution in [0, 0.1) is 16.7 Å². The molecule has 3 aromatic carbocycles. The summed E-state index contributed by atoms with van der Waals surface area (Å²) >= 11 is 0. The second-order valence-electron chi connectivity index (χ2n) is 11.2. The van der Waals surface area contributed by atoms with Gasteiger partial charge in [0.1, 0.15) is 21.6 Å². The number of aromatic nitrogens is 1. The minimum atomic E-state index is -4.47. The van der Waals surface area contributed by atoms with Gasteiger partial charge in [0.25, 0.3) is 0 Å². The van der Waals surface area contributed by atoms with Crippen molar-refractivity contribution in [1.29, 1.82) is 0 Å². The summed E-state index contributed by atoms with van der Waals surface area (Å²) in [6.45, 7) is 6.89.